The molecule has 0 saturated heterocycles. The molecule has 5 nitrogen and oxygen atoms in total. The van der Waals surface area contributed by atoms with Crippen molar-refractivity contribution in [1.29, 1.82) is 0 Å². The highest BCUT2D eigenvalue weighted by Gasteiger charge is 2.10. The number of aliphatic hydroxyl groups is 1. The van der Waals surface area contributed by atoms with Gasteiger partial charge in [-0.15, -0.1) is 0 Å². The maximum atomic E-state index is 10.4. The highest BCUT2D eigenvalue weighted by atomic mass is 16.4. The maximum absolute atomic E-state index is 10.4. The van der Waals surface area contributed by atoms with E-state index in [1.54, 1.807) is 7.05 Å². The molecule has 0 spiro atoms. The zero-order chi connectivity index (χ0) is 8.43. The zero-order valence-corrected chi connectivity index (χ0v) is 5.98. The second-order valence-corrected chi connectivity index (χ2v) is 2.13. The third-order valence-corrected chi connectivity index (χ3v) is 1.28. The number of carbonyl (C=O) groups is 1. The lowest BCUT2D eigenvalue weighted by molar-refractivity contribution is 0.0679. The summed E-state index contributed by atoms with van der Waals surface area (Å²) in [6.07, 6.45) is 1.48. The highest BCUT2D eigenvalue weighted by Crippen LogP contribution is 2.00. The van der Waals surface area contributed by atoms with E-state index < -0.39 is 5.97 Å². The second-order valence-electron chi connectivity index (χ2n) is 2.13. The summed E-state index contributed by atoms with van der Waals surface area (Å²) in [6.45, 7) is -0.235. The number of nitrogens with zero attached hydrogens (tertiary/aromatic N) is 2. The molecule has 1 rings (SSSR count). The molecule has 0 unspecified atom stereocenters. The van der Waals surface area contributed by atoms with Crippen LogP contribution in [0, 0.1) is 0 Å². The van der Waals surface area contributed by atoms with Crippen LogP contribution in [0.4, 0.5) is 0 Å². The number of aryl methyl sites for hydroxylation is 1. The van der Waals surface area contributed by atoms with Gasteiger partial charge in [0.15, 0.2) is 0 Å². The van der Waals surface area contributed by atoms with E-state index in [9.17, 15) is 4.79 Å². The molecule has 0 aliphatic carbocycles. The molecule has 0 bridgehead atoms. The number of carboxylic acids is 1. The van der Waals surface area contributed by atoms with Gasteiger partial charge in [0.1, 0.15) is 0 Å². The summed E-state index contributed by atoms with van der Waals surface area (Å²) >= 11 is 0. The Morgan fingerprint density at radius 2 is 2.45 bits per heavy atom. The van der Waals surface area contributed by atoms with Gasteiger partial charge < -0.3 is 14.8 Å². The largest absolute Gasteiger partial charge is 0.475 e. The molecule has 1 aromatic rings. The molecule has 0 fully saturated rings. The molecule has 5 heteroatoms. The van der Waals surface area contributed by atoms with Crippen LogP contribution >= 0.6 is 0 Å². The fraction of sp³-hybridized carbons (Fsp3) is 0.333. The van der Waals surface area contributed by atoms with Gasteiger partial charge in [-0.1, -0.05) is 0 Å². The lowest BCUT2D eigenvalue weighted by atomic mass is 10.5. The van der Waals surface area contributed by atoms with Crippen molar-refractivity contribution in [2.75, 3.05) is 0 Å². The summed E-state index contributed by atoms with van der Waals surface area (Å²) < 4.78 is 1.36. The van der Waals surface area contributed by atoms with E-state index in [0.717, 1.165) is 0 Å². The molecule has 1 heterocycles. The number of hydrogen-bond acceptors (Lipinski definition) is 3. The molecular formula is C6H8N2O3. The minimum atomic E-state index is -1.09. The maximum Gasteiger partial charge on any atom is 0.372 e. The van der Waals surface area contributed by atoms with Gasteiger partial charge in [-0.25, -0.2) is 9.78 Å². The minimum absolute atomic E-state index is 0.0611. The molecule has 0 aliphatic rings. The van der Waals surface area contributed by atoms with Crippen LogP contribution in [0.15, 0.2) is 6.20 Å². The van der Waals surface area contributed by atoms with Crippen molar-refractivity contribution in [2.24, 2.45) is 7.05 Å². The first-order chi connectivity index (χ1) is 5.15. The van der Waals surface area contributed by atoms with E-state index >= 15 is 0 Å². The third-order valence-electron chi connectivity index (χ3n) is 1.28. The van der Waals surface area contributed by atoms with Crippen molar-refractivity contribution < 1.29 is 15.0 Å². The molecule has 0 atom stereocenters. The number of hydrogen-bond donors (Lipinski definition) is 2. The molecule has 2 N–H and O–H groups in total. The van der Waals surface area contributed by atoms with Crippen LogP contribution in [0.2, 0.25) is 0 Å². The Labute approximate surface area is 62.9 Å². The standard InChI is InChI=1S/C6H8N2O3/c1-8-2-4(3-9)7-5(8)6(10)11/h2,9H,3H2,1H3,(H,10,11). The summed E-state index contributed by atoms with van der Waals surface area (Å²) in [5, 5.41) is 17.1. The highest BCUT2D eigenvalue weighted by molar-refractivity contribution is 5.83. The molecule has 60 valence electrons. The third kappa shape index (κ3) is 1.38. The van der Waals surface area contributed by atoms with Gasteiger partial charge >= 0.3 is 5.97 Å². The van der Waals surface area contributed by atoms with E-state index in [1.807, 2.05) is 0 Å². The first-order valence-electron chi connectivity index (χ1n) is 3.01. The Bertz CT molecular complexity index is 279. The summed E-state index contributed by atoms with van der Waals surface area (Å²) in [7, 11) is 1.57. The Kier molecular flexibility index (Phi) is 1.91. The molecule has 0 saturated carbocycles. The van der Waals surface area contributed by atoms with E-state index in [2.05, 4.69) is 4.98 Å². The quantitative estimate of drug-likeness (QED) is 0.611. The van der Waals surface area contributed by atoms with Gasteiger partial charge in [0, 0.05) is 13.2 Å². The first kappa shape index (κ1) is 7.74. The molecule has 0 radical (unpaired) electrons. The monoisotopic (exact) mass is 156 g/mol. The molecule has 0 aromatic carbocycles. The average molecular weight is 156 g/mol. The van der Waals surface area contributed by atoms with Crippen LogP contribution in [0.5, 0.6) is 0 Å². The molecule has 11 heavy (non-hydrogen) atoms. The van der Waals surface area contributed by atoms with Crippen molar-refractivity contribution in [2.45, 2.75) is 6.61 Å². The fourth-order valence-electron chi connectivity index (χ4n) is 0.803. The average Bonchev–Trinajstić information content (AvgIpc) is 2.30. The van der Waals surface area contributed by atoms with E-state index in [-0.39, 0.29) is 12.4 Å². The Balaban J connectivity index is 3.07. The van der Waals surface area contributed by atoms with Crippen molar-refractivity contribution in [3.63, 3.8) is 0 Å². The number of aliphatic hydroxyl groups excluding tert-OH is 1. The number of imidazole rings is 1. The summed E-state index contributed by atoms with van der Waals surface area (Å²) in [6, 6.07) is 0. The van der Waals surface area contributed by atoms with Crippen molar-refractivity contribution >= 4 is 5.97 Å². The van der Waals surface area contributed by atoms with Crippen LogP contribution in [0.1, 0.15) is 16.3 Å². The minimum Gasteiger partial charge on any atom is -0.475 e. The molecule has 0 aliphatic heterocycles. The normalized spacial score (nSPS) is 10.0. The smallest absolute Gasteiger partial charge is 0.372 e. The van der Waals surface area contributed by atoms with Crippen molar-refractivity contribution in [1.82, 2.24) is 9.55 Å². The van der Waals surface area contributed by atoms with Crippen molar-refractivity contribution in [3.8, 4) is 0 Å². The van der Waals surface area contributed by atoms with E-state index in [0.29, 0.717) is 5.69 Å². The number of carboxylic acid groups (broad SMARTS) is 1. The topological polar surface area (TPSA) is 75.3 Å². The number of aromatic carboxylic acids is 1. The molecule has 1 aromatic heterocycles. The zero-order valence-electron chi connectivity index (χ0n) is 5.98. The number of rotatable bonds is 2. The SMILES string of the molecule is Cn1cc(CO)nc1C(=O)O. The molecular weight excluding hydrogens is 148 g/mol. The summed E-state index contributed by atoms with van der Waals surface area (Å²) in [5.41, 5.74) is 0.366. The summed E-state index contributed by atoms with van der Waals surface area (Å²) in [4.78, 5) is 14.0. The van der Waals surface area contributed by atoms with E-state index in [4.69, 9.17) is 10.2 Å². The summed E-state index contributed by atoms with van der Waals surface area (Å²) in [5.74, 6) is -1.15. The van der Waals surface area contributed by atoms with Gasteiger partial charge in [-0.3, -0.25) is 0 Å². The predicted molar refractivity (Wildman–Crippen MR) is 36.1 cm³/mol. The predicted octanol–water partition coefficient (Wildman–Crippen LogP) is -0.389. The lowest BCUT2D eigenvalue weighted by Crippen LogP contribution is -2.05. The van der Waals surface area contributed by atoms with Crippen LogP contribution < -0.4 is 0 Å². The molecule has 0 amide bonds. The first-order valence-corrected chi connectivity index (χ1v) is 3.01. The van der Waals surface area contributed by atoms with Gasteiger partial charge in [0.25, 0.3) is 0 Å². The van der Waals surface area contributed by atoms with Gasteiger partial charge in [0.05, 0.1) is 12.3 Å². The lowest BCUT2D eigenvalue weighted by Gasteiger charge is -1.90. The van der Waals surface area contributed by atoms with Crippen LogP contribution in [0.25, 0.3) is 0 Å². The van der Waals surface area contributed by atoms with E-state index in [1.165, 1.54) is 10.8 Å². The van der Waals surface area contributed by atoms with Crippen LogP contribution in [0.3, 0.4) is 0 Å². The van der Waals surface area contributed by atoms with Crippen LogP contribution in [-0.2, 0) is 13.7 Å². The van der Waals surface area contributed by atoms with Gasteiger partial charge in [-0.2, -0.15) is 0 Å². The fourth-order valence-corrected chi connectivity index (χ4v) is 0.803. The van der Waals surface area contributed by atoms with Gasteiger partial charge in [0.2, 0.25) is 5.82 Å². The van der Waals surface area contributed by atoms with Crippen LogP contribution in [-0.4, -0.2) is 25.7 Å². The Morgan fingerprint density at radius 1 is 1.82 bits per heavy atom. The Hall–Kier alpha value is -1.36. The number of aromatic nitrogens is 2. The second kappa shape index (κ2) is 2.71. The van der Waals surface area contributed by atoms with Gasteiger partial charge in [-0.05, 0) is 0 Å². The van der Waals surface area contributed by atoms with Crippen molar-refractivity contribution in [3.05, 3.63) is 17.7 Å². The Morgan fingerprint density at radius 3 is 2.73 bits per heavy atom.